The highest BCUT2D eigenvalue weighted by molar-refractivity contribution is 6.04. The molecule has 0 unspecified atom stereocenters. The van der Waals surface area contributed by atoms with Crippen molar-refractivity contribution in [2.24, 2.45) is 0 Å². The summed E-state index contributed by atoms with van der Waals surface area (Å²) in [5.41, 5.74) is 4.38. The van der Waals surface area contributed by atoms with E-state index in [9.17, 15) is 14.7 Å². The average Bonchev–Trinajstić information content (AvgIpc) is 2.72. The third kappa shape index (κ3) is 4.13. The minimum absolute atomic E-state index is 0.0123. The molecule has 5 nitrogen and oxygen atoms in total. The number of carbonyl (C=O) groups is 2. The number of carbonyl (C=O) groups excluding carboxylic acids is 2. The Labute approximate surface area is 182 Å². The van der Waals surface area contributed by atoms with E-state index in [4.69, 9.17) is 4.74 Å². The molecule has 1 heterocycles. The third-order valence-electron chi connectivity index (χ3n) is 5.86. The van der Waals surface area contributed by atoms with Gasteiger partial charge in [0.05, 0.1) is 11.7 Å². The van der Waals surface area contributed by atoms with Crippen LogP contribution in [-0.4, -0.2) is 23.0 Å². The van der Waals surface area contributed by atoms with E-state index in [1.807, 2.05) is 43.3 Å². The van der Waals surface area contributed by atoms with Crippen molar-refractivity contribution in [2.75, 3.05) is 0 Å². The van der Waals surface area contributed by atoms with Gasteiger partial charge in [-0.15, -0.1) is 0 Å². The molecule has 1 aliphatic heterocycles. The Balaban J connectivity index is 1.81. The molecule has 160 valence electrons. The van der Waals surface area contributed by atoms with Crippen molar-refractivity contribution in [1.29, 1.82) is 0 Å². The van der Waals surface area contributed by atoms with Crippen molar-refractivity contribution in [1.82, 2.24) is 5.32 Å². The third-order valence-corrected chi connectivity index (χ3v) is 5.86. The Bertz CT molecular complexity index is 1080. The lowest BCUT2D eigenvalue weighted by molar-refractivity contribution is -0.143. The molecule has 0 amide bonds. The van der Waals surface area contributed by atoms with Crippen molar-refractivity contribution >= 4 is 11.8 Å². The molecule has 1 aliphatic carbocycles. The van der Waals surface area contributed by atoms with Gasteiger partial charge >= 0.3 is 5.97 Å². The number of ether oxygens (including phenoxy) is 1. The summed E-state index contributed by atoms with van der Waals surface area (Å²) in [4.78, 5) is 26.5. The fraction of sp³-hybridized carbons (Fsp3) is 0.308. The molecule has 0 saturated carbocycles. The molecule has 2 aliphatic rings. The second kappa shape index (κ2) is 8.42. The number of phenols is 1. The molecular formula is C26H27NO4. The number of ketones is 1. The predicted octanol–water partition coefficient (Wildman–Crippen LogP) is 4.71. The SMILES string of the molecule is CC1=C(C(=O)OC(C)C)[C@@H](c2cccc(O)c2)C2=C(C[C@@H](c3ccccc3)CC2=O)N1. The summed E-state index contributed by atoms with van der Waals surface area (Å²) < 4.78 is 5.51. The highest BCUT2D eigenvalue weighted by atomic mass is 16.5. The van der Waals surface area contributed by atoms with Crippen LogP contribution in [0.3, 0.4) is 0 Å². The number of hydrogen-bond acceptors (Lipinski definition) is 5. The maximum absolute atomic E-state index is 13.4. The number of allylic oxidation sites excluding steroid dienone is 3. The number of hydrogen-bond donors (Lipinski definition) is 2. The zero-order valence-electron chi connectivity index (χ0n) is 18.0. The van der Waals surface area contributed by atoms with Crippen LogP contribution in [0, 0.1) is 0 Å². The smallest absolute Gasteiger partial charge is 0.337 e. The molecular weight excluding hydrogens is 390 g/mol. The molecule has 0 saturated heterocycles. The van der Waals surface area contributed by atoms with Gasteiger partial charge < -0.3 is 15.2 Å². The first-order chi connectivity index (χ1) is 14.8. The molecule has 0 fully saturated rings. The van der Waals surface area contributed by atoms with Crippen LogP contribution in [0.5, 0.6) is 5.75 Å². The fourth-order valence-electron chi connectivity index (χ4n) is 4.59. The topological polar surface area (TPSA) is 75.6 Å². The Morgan fingerprint density at radius 3 is 2.45 bits per heavy atom. The first-order valence-electron chi connectivity index (χ1n) is 10.6. The van der Waals surface area contributed by atoms with Crippen LogP contribution in [0.15, 0.2) is 77.1 Å². The van der Waals surface area contributed by atoms with E-state index >= 15 is 0 Å². The van der Waals surface area contributed by atoms with E-state index in [0.29, 0.717) is 35.2 Å². The van der Waals surface area contributed by atoms with Gasteiger partial charge in [0, 0.05) is 29.3 Å². The number of aromatic hydroxyl groups is 1. The molecule has 31 heavy (non-hydrogen) atoms. The summed E-state index contributed by atoms with van der Waals surface area (Å²) in [5, 5.41) is 13.4. The van der Waals surface area contributed by atoms with E-state index < -0.39 is 11.9 Å². The lowest BCUT2D eigenvalue weighted by atomic mass is 9.71. The zero-order valence-corrected chi connectivity index (χ0v) is 18.0. The molecule has 0 bridgehead atoms. The minimum Gasteiger partial charge on any atom is -0.508 e. The Hall–Kier alpha value is -3.34. The quantitative estimate of drug-likeness (QED) is 0.705. The van der Waals surface area contributed by atoms with Crippen molar-refractivity contribution < 1.29 is 19.4 Å². The maximum Gasteiger partial charge on any atom is 0.337 e. The van der Waals surface area contributed by atoms with Gasteiger partial charge in [0.25, 0.3) is 0 Å². The summed E-state index contributed by atoms with van der Waals surface area (Å²) in [7, 11) is 0. The van der Waals surface area contributed by atoms with Gasteiger partial charge in [0.1, 0.15) is 5.75 Å². The van der Waals surface area contributed by atoms with Crippen molar-refractivity contribution in [2.45, 2.75) is 51.6 Å². The molecule has 0 radical (unpaired) electrons. The Morgan fingerprint density at radius 2 is 1.77 bits per heavy atom. The largest absolute Gasteiger partial charge is 0.508 e. The molecule has 4 rings (SSSR count). The van der Waals surface area contributed by atoms with Crippen LogP contribution in [0.25, 0.3) is 0 Å². The van der Waals surface area contributed by atoms with E-state index in [1.165, 1.54) is 0 Å². The molecule has 5 heteroatoms. The second-order valence-corrected chi connectivity index (χ2v) is 8.48. The normalized spacial score (nSPS) is 21.1. The molecule has 2 aromatic carbocycles. The van der Waals surface area contributed by atoms with E-state index in [0.717, 1.165) is 11.3 Å². The van der Waals surface area contributed by atoms with Gasteiger partial charge in [-0.1, -0.05) is 42.5 Å². The van der Waals surface area contributed by atoms with Crippen molar-refractivity contribution in [3.8, 4) is 5.75 Å². The number of phenolic OH excluding ortho intramolecular Hbond substituents is 1. The zero-order chi connectivity index (χ0) is 22.1. The monoisotopic (exact) mass is 417 g/mol. The Kier molecular flexibility index (Phi) is 5.68. The lowest BCUT2D eigenvalue weighted by Gasteiger charge is -2.37. The summed E-state index contributed by atoms with van der Waals surface area (Å²) in [6, 6.07) is 16.8. The van der Waals surface area contributed by atoms with E-state index in [1.54, 1.807) is 32.0 Å². The fourth-order valence-corrected chi connectivity index (χ4v) is 4.59. The summed E-state index contributed by atoms with van der Waals surface area (Å²) in [6.45, 7) is 5.44. The minimum atomic E-state index is -0.571. The molecule has 2 aromatic rings. The van der Waals surface area contributed by atoms with Crippen LogP contribution in [0.4, 0.5) is 0 Å². The van der Waals surface area contributed by atoms with Crippen molar-refractivity contribution in [3.63, 3.8) is 0 Å². The lowest BCUT2D eigenvalue weighted by Crippen LogP contribution is -2.36. The highest BCUT2D eigenvalue weighted by Gasteiger charge is 2.41. The molecule has 2 N–H and O–H groups in total. The molecule has 0 aromatic heterocycles. The average molecular weight is 418 g/mol. The van der Waals surface area contributed by atoms with E-state index in [-0.39, 0.29) is 23.6 Å². The van der Waals surface area contributed by atoms with Crippen molar-refractivity contribution in [3.05, 3.63) is 88.3 Å². The number of rotatable bonds is 4. The molecule has 0 spiro atoms. The number of benzene rings is 2. The van der Waals surface area contributed by atoms with Gasteiger partial charge in [-0.3, -0.25) is 4.79 Å². The highest BCUT2D eigenvalue weighted by Crippen LogP contribution is 2.46. The Morgan fingerprint density at radius 1 is 1.06 bits per heavy atom. The predicted molar refractivity (Wildman–Crippen MR) is 118 cm³/mol. The number of dihydropyridines is 1. The van der Waals surface area contributed by atoms with Gasteiger partial charge in [-0.05, 0) is 56.4 Å². The van der Waals surface area contributed by atoms with Crippen LogP contribution in [-0.2, 0) is 14.3 Å². The van der Waals surface area contributed by atoms with Gasteiger partial charge in [0.15, 0.2) is 5.78 Å². The summed E-state index contributed by atoms with van der Waals surface area (Å²) in [6.07, 6.45) is 0.785. The number of nitrogens with one attached hydrogen (secondary N) is 1. The number of esters is 1. The summed E-state index contributed by atoms with van der Waals surface area (Å²) >= 11 is 0. The summed E-state index contributed by atoms with van der Waals surface area (Å²) in [5.74, 6) is -0.824. The van der Waals surface area contributed by atoms with Gasteiger partial charge in [-0.2, -0.15) is 0 Å². The molecule has 2 atom stereocenters. The van der Waals surface area contributed by atoms with Gasteiger partial charge in [-0.25, -0.2) is 4.79 Å². The number of Topliss-reactive ketones (excluding diaryl/α,β-unsaturated/α-hetero) is 1. The van der Waals surface area contributed by atoms with Crippen LogP contribution in [0.1, 0.15) is 56.6 Å². The maximum atomic E-state index is 13.4. The first kappa shape index (κ1) is 20.9. The van der Waals surface area contributed by atoms with Gasteiger partial charge in [0.2, 0.25) is 0 Å². The van der Waals surface area contributed by atoms with Crippen LogP contribution >= 0.6 is 0 Å². The first-order valence-corrected chi connectivity index (χ1v) is 10.6. The van der Waals surface area contributed by atoms with E-state index in [2.05, 4.69) is 5.32 Å². The van der Waals surface area contributed by atoms with Crippen LogP contribution < -0.4 is 5.32 Å². The second-order valence-electron chi connectivity index (χ2n) is 8.48. The standard InChI is InChI=1S/C26H27NO4/c1-15(2)31-26(30)23-16(3)27-21-13-19(17-8-5-4-6-9-17)14-22(29)25(21)24(23)18-10-7-11-20(28)12-18/h4-12,15,19,24,27-28H,13-14H2,1-3H3/t19-,24-/m1/s1. The van der Waals surface area contributed by atoms with Crippen LogP contribution in [0.2, 0.25) is 0 Å².